The fourth-order valence-corrected chi connectivity index (χ4v) is 12.3. The average molecular weight is 1010 g/mol. The van der Waals surface area contributed by atoms with Gasteiger partial charge in [-0.15, -0.1) is 0 Å². The quantitative estimate of drug-likeness (QED) is 0.0435. The second-order valence-electron chi connectivity index (χ2n) is 21.1. The van der Waals surface area contributed by atoms with Crippen molar-refractivity contribution in [3.8, 4) is 0 Å². The van der Waals surface area contributed by atoms with E-state index in [0.29, 0.717) is 81.9 Å². The van der Waals surface area contributed by atoms with E-state index in [1.54, 1.807) is 34.1 Å². The molecule has 4 aliphatic rings. The molecule has 0 bridgehead atoms. The first-order valence-electron chi connectivity index (χ1n) is 25.9. The number of rotatable bonds is 24. The van der Waals surface area contributed by atoms with E-state index in [4.69, 9.17) is 24.7 Å². The van der Waals surface area contributed by atoms with Gasteiger partial charge >= 0.3 is 5.97 Å². The Morgan fingerprint density at radius 2 is 1.63 bits per heavy atom. The van der Waals surface area contributed by atoms with Crippen LogP contribution in [0.15, 0.2) is 47.6 Å². The Morgan fingerprint density at radius 3 is 2.27 bits per heavy atom. The Morgan fingerprint density at radius 1 is 0.914 bits per heavy atom. The molecule has 16 nitrogen and oxygen atoms in total. The largest absolute Gasteiger partial charge is 0.461 e. The number of esters is 1. The molecule has 0 aromatic carbocycles. The van der Waals surface area contributed by atoms with Crippen molar-refractivity contribution in [1.82, 2.24) is 13.5 Å². The molecule has 0 aromatic rings. The molecule has 70 heavy (non-hydrogen) atoms. The monoisotopic (exact) mass is 1000 g/mol. The van der Waals surface area contributed by atoms with E-state index in [9.17, 15) is 37.8 Å². The van der Waals surface area contributed by atoms with Crippen molar-refractivity contribution in [2.45, 2.75) is 181 Å². The average Bonchev–Trinajstić information content (AvgIpc) is 3.60. The molecular weight excluding hydrogens is 917 g/mol. The number of methoxy groups -OCH3 is 2. The summed E-state index contributed by atoms with van der Waals surface area (Å²) in [5.41, 5.74) is 8.10. The van der Waals surface area contributed by atoms with Crippen molar-refractivity contribution in [3.63, 3.8) is 0 Å². The summed E-state index contributed by atoms with van der Waals surface area (Å²) in [5.74, 6) is -5.33. The minimum absolute atomic E-state index is 0.0295. The molecule has 1 aliphatic carbocycles. The first-order chi connectivity index (χ1) is 33.0. The zero-order chi connectivity index (χ0) is 52.1. The first-order valence-corrected chi connectivity index (χ1v) is 27.3. The van der Waals surface area contributed by atoms with E-state index in [1.807, 2.05) is 58.1 Å². The number of hydrogen-bond acceptors (Lipinski definition) is 13. The van der Waals surface area contributed by atoms with Crippen molar-refractivity contribution in [2.24, 2.45) is 41.2 Å². The van der Waals surface area contributed by atoms with Crippen LogP contribution in [-0.4, -0.2) is 151 Å². The number of aliphatic hydroxyl groups is 2. The van der Waals surface area contributed by atoms with E-state index in [0.717, 1.165) is 31.3 Å². The molecule has 17 heteroatoms. The van der Waals surface area contributed by atoms with Gasteiger partial charge in [0.2, 0.25) is 5.79 Å². The predicted molar refractivity (Wildman–Crippen MR) is 270 cm³/mol. The Labute approximate surface area is 419 Å². The lowest BCUT2D eigenvalue weighted by atomic mass is 9.76. The highest BCUT2D eigenvalue weighted by molar-refractivity contribution is 7.87. The lowest BCUT2D eigenvalue weighted by Crippen LogP contribution is -2.59. The number of amides is 1. The topological polar surface area (TPSA) is 216 Å². The van der Waals surface area contributed by atoms with Crippen molar-refractivity contribution in [3.05, 3.63) is 47.6 Å². The van der Waals surface area contributed by atoms with Crippen LogP contribution in [0.2, 0.25) is 0 Å². The summed E-state index contributed by atoms with van der Waals surface area (Å²) >= 11 is 0. The van der Waals surface area contributed by atoms with Crippen molar-refractivity contribution in [2.75, 3.05) is 47.5 Å². The zero-order valence-electron chi connectivity index (χ0n) is 44.1. The van der Waals surface area contributed by atoms with Gasteiger partial charge < -0.3 is 39.8 Å². The maximum absolute atomic E-state index is 14.2. The van der Waals surface area contributed by atoms with Crippen LogP contribution in [0.4, 0.5) is 0 Å². The highest BCUT2D eigenvalue weighted by Crippen LogP contribution is 2.37. The third kappa shape index (κ3) is 15.5. The molecule has 2 unspecified atom stereocenters. The van der Waals surface area contributed by atoms with Gasteiger partial charge in [-0.1, -0.05) is 76.6 Å². The van der Waals surface area contributed by atoms with Gasteiger partial charge in [-0.05, 0) is 127 Å². The van der Waals surface area contributed by atoms with E-state index >= 15 is 0 Å². The zero-order valence-corrected chi connectivity index (χ0v) is 44.9. The third-order valence-corrected chi connectivity index (χ3v) is 17.7. The number of nitrogens with zero attached hydrogens (tertiary/aromatic N) is 3. The van der Waals surface area contributed by atoms with Crippen LogP contribution in [0.3, 0.4) is 0 Å². The van der Waals surface area contributed by atoms with Gasteiger partial charge in [0, 0.05) is 64.8 Å². The van der Waals surface area contributed by atoms with Crippen LogP contribution in [-0.2, 0) is 48.3 Å². The smallest absolute Gasteiger partial charge is 0.329 e. The van der Waals surface area contributed by atoms with Crippen LogP contribution >= 0.6 is 0 Å². The van der Waals surface area contributed by atoms with E-state index in [2.05, 4.69) is 13.8 Å². The van der Waals surface area contributed by atoms with Crippen LogP contribution in [0, 0.1) is 35.5 Å². The Balaban J connectivity index is 1.39. The molecule has 0 spiro atoms. The lowest BCUT2D eigenvalue weighted by Gasteiger charge is -2.40. The standard InChI is InChI=1S/C53H88N4O12S/c1-34(18-13-12-14-19-35(2)41(8)57-28-27-55(9)70(57,64)65)30-38(5)47(58)49(67-11)48(59)39(6)32-43(54)24-25-45(37(4)31-42-23-22-36(3)46(33-42)66-10)69-52(62)44-21-15-16-26-56(44)51(61)50(60)53(63)40(7)20-17-29-68-53/h12-14,18-19,32,34,36-38,40-46,48-49,59,63H,15-17,20-31,33,54H2,1-11H3/b14-12+,18-13+,35-19+,39-32+/t34-,36-,37-,38-,40-,41?,42?,43+,44+,45+,46-,48-,49+,53-/m1/s1. The fraction of sp³-hybridized carbons (Fsp3) is 0.774. The summed E-state index contributed by atoms with van der Waals surface area (Å²) in [7, 11) is 1.29. The molecule has 0 radical (unpaired) electrons. The van der Waals surface area contributed by atoms with Gasteiger partial charge in [-0.25, -0.2) is 4.79 Å². The number of aliphatic hydroxyl groups excluding tert-OH is 1. The molecule has 398 valence electrons. The van der Waals surface area contributed by atoms with Gasteiger partial charge in [0.1, 0.15) is 24.4 Å². The second kappa shape index (κ2) is 27.2. The molecule has 3 saturated heterocycles. The van der Waals surface area contributed by atoms with Gasteiger partial charge in [0.15, 0.2) is 5.78 Å². The number of carbonyl (C=O) groups excluding carboxylic acids is 4. The minimum Gasteiger partial charge on any atom is -0.461 e. The number of piperidine rings is 1. The van der Waals surface area contributed by atoms with E-state index < -0.39 is 75.9 Å². The summed E-state index contributed by atoms with van der Waals surface area (Å²) < 4.78 is 51.3. The number of likely N-dealkylation sites (tertiary alicyclic amines) is 1. The minimum atomic E-state index is -3.44. The molecule has 4 rings (SSSR count). The van der Waals surface area contributed by atoms with E-state index in [-0.39, 0.29) is 42.9 Å². The predicted octanol–water partition coefficient (Wildman–Crippen LogP) is 6.06. The molecule has 3 heterocycles. The number of carbonyl (C=O) groups is 4. The summed E-state index contributed by atoms with van der Waals surface area (Å²) in [4.78, 5) is 56.5. The summed E-state index contributed by atoms with van der Waals surface area (Å²) in [6.45, 7) is 16.5. The SMILES string of the molecule is CO[C@@H]1CC(C[C@@H](C)[C@H](CC[C@H](N)/C=C(\C)[C@@H](O)[C@@H](OC)C(=O)[C@H](C)C[C@H](C)/C=C/C=C/C=C(\C)C(C)N2CCN(C)S2(=O)=O)OC(=O)[C@@H]2CCCCN2C(=O)C(=O)[C@]2(O)OCCC[C@H]2C)CC[C@H]1C. The Bertz CT molecular complexity index is 1990. The molecule has 14 atom stereocenters. The summed E-state index contributed by atoms with van der Waals surface area (Å²) in [6.07, 6.45) is 16.3. The number of ether oxygens (including phenoxy) is 4. The molecule has 4 fully saturated rings. The second-order valence-corrected chi connectivity index (χ2v) is 23.1. The number of allylic oxidation sites excluding steroid dienone is 5. The number of Topliss-reactive ketones (excluding diaryl/α,β-unsaturated/α-hetero) is 2. The van der Waals surface area contributed by atoms with Gasteiger partial charge in [0.05, 0.1) is 12.7 Å². The number of nitrogens with two attached hydrogens (primary N) is 1. The molecule has 4 N–H and O–H groups in total. The van der Waals surface area contributed by atoms with Crippen molar-refractivity contribution in [1.29, 1.82) is 0 Å². The van der Waals surface area contributed by atoms with E-state index in [1.165, 1.54) is 20.6 Å². The molecule has 1 amide bonds. The molecule has 1 saturated carbocycles. The number of hydrogen-bond donors (Lipinski definition) is 3. The van der Waals surface area contributed by atoms with Crippen molar-refractivity contribution >= 4 is 33.7 Å². The molecule has 3 aliphatic heterocycles. The Kier molecular flexibility index (Phi) is 23.1. The summed E-state index contributed by atoms with van der Waals surface area (Å²) in [6, 6.07) is -1.83. The van der Waals surface area contributed by atoms with Crippen LogP contribution in [0.5, 0.6) is 0 Å². The van der Waals surface area contributed by atoms with Gasteiger partial charge in [-0.2, -0.15) is 17.0 Å². The molecular formula is C53H88N4O12S. The first kappa shape index (κ1) is 59.4. The fourth-order valence-electron chi connectivity index (χ4n) is 10.7. The maximum Gasteiger partial charge on any atom is 0.329 e. The Hall–Kier alpha value is -3.13. The highest BCUT2D eigenvalue weighted by atomic mass is 32.2. The normalized spacial score (nSPS) is 29.9. The maximum atomic E-state index is 14.2. The number of ketones is 2. The summed E-state index contributed by atoms with van der Waals surface area (Å²) in [5, 5.41) is 22.7. The van der Waals surface area contributed by atoms with Gasteiger partial charge in [0.25, 0.3) is 21.9 Å². The van der Waals surface area contributed by atoms with Crippen LogP contribution in [0.1, 0.15) is 132 Å². The third-order valence-electron chi connectivity index (χ3n) is 15.7. The van der Waals surface area contributed by atoms with Crippen LogP contribution < -0.4 is 5.73 Å². The molecule has 0 aromatic heterocycles. The lowest BCUT2D eigenvalue weighted by molar-refractivity contribution is -0.241. The van der Waals surface area contributed by atoms with Gasteiger partial charge in [-0.3, -0.25) is 14.4 Å². The highest BCUT2D eigenvalue weighted by Gasteiger charge is 2.51. The van der Waals surface area contributed by atoms with Crippen LogP contribution in [0.25, 0.3) is 0 Å². The number of likely N-dealkylation sites (N-methyl/N-ethyl adjacent to an activating group) is 1. The van der Waals surface area contributed by atoms with Crippen molar-refractivity contribution < 1.29 is 56.8 Å².